The third-order valence-corrected chi connectivity index (χ3v) is 4.97. The number of nitrogens with one attached hydrogen (secondary N) is 1. The molecule has 1 aliphatic carbocycles. The highest BCUT2D eigenvalue weighted by Gasteiger charge is 2.29. The number of thiazole rings is 1. The molecule has 3 rings (SSSR count). The number of carbonyl (C=O) groups excluding carboxylic acids is 1. The van der Waals surface area contributed by atoms with Gasteiger partial charge in [-0.15, -0.1) is 11.3 Å². The molecule has 0 unspecified atom stereocenters. The first-order valence-corrected chi connectivity index (χ1v) is 9.10. The zero-order chi connectivity index (χ0) is 16.9. The van der Waals surface area contributed by atoms with Crippen molar-refractivity contribution in [2.45, 2.75) is 32.2 Å². The molecule has 128 valence electrons. The van der Waals surface area contributed by atoms with Gasteiger partial charge in [0.25, 0.3) is 0 Å². The predicted octanol–water partition coefficient (Wildman–Crippen LogP) is 2.44. The molecule has 0 bridgehead atoms. The van der Waals surface area contributed by atoms with Crippen molar-refractivity contribution >= 4 is 22.4 Å². The summed E-state index contributed by atoms with van der Waals surface area (Å²) in [5, 5.41) is 12.6. The molecular formula is C18H23N3O2S. The maximum absolute atomic E-state index is 12.2. The number of amides is 1. The molecule has 24 heavy (non-hydrogen) atoms. The fraction of sp³-hybridized carbons (Fsp3) is 0.444. The number of anilines is 1. The molecule has 1 aromatic heterocycles. The van der Waals surface area contributed by atoms with E-state index in [0.717, 1.165) is 24.1 Å². The lowest BCUT2D eigenvalue weighted by molar-refractivity contribution is -0.117. The molecular weight excluding hydrogens is 322 g/mol. The van der Waals surface area contributed by atoms with Gasteiger partial charge in [-0.25, -0.2) is 4.98 Å². The van der Waals surface area contributed by atoms with Crippen LogP contribution in [0.25, 0.3) is 0 Å². The van der Waals surface area contributed by atoms with E-state index in [2.05, 4.69) is 41.5 Å². The van der Waals surface area contributed by atoms with Gasteiger partial charge in [0, 0.05) is 30.1 Å². The summed E-state index contributed by atoms with van der Waals surface area (Å²) in [6.45, 7) is 3.04. The summed E-state index contributed by atoms with van der Waals surface area (Å²) in [7, 11) is 0. The molecule has 1 aromatic carbocycles. The molecule has 5 nitrogen and oxygen atoms in total. The Morgan fingerprint density at radius 3 is 3.00 bits per heavy atom. The molecule has 1 amide bonds. The maximum atomic E-state index is 12.2. The van der Waals surface area contributed by atoms with Gasteiger partial charge in [0.15, 0.2) is 5.13 Å². The number of aliphatic hydroxyl groups excluding tert-OH is 1. The van der Waals surface area contributed by atoms with E-state index in [-0.39, 0.29) is 12.5 Å². The van der Waals surface area contributed by atoms with Gasteiger partial charge < -0.3 is 10.4 Å². The van der Waals surface area contributed by atoms with Crippen molar-refractivity contribution in [3.8, 4) is 0 Å². The van der Waals surface area contributed by atoms with Gasteiger partial charge >= 0.3 is 0 Å². The van der Waals surface area contributed by atoms with Crippen molar-refractivity contribution in [2.75, 3.05) is 25.0 Å². The zero-order valence-electron chi connectivity index (χ0n) is 13.9. The van der Waals surface area contributed by atoms with E-state index < -0.39 is 0 Å². The third-order valence-electron chi connectivity index (χ3n) is 4.06. The molecule has 1 heterocycles. The summed E-state index contributed by atoms with van der Waals surface area (Å²) in [5.74, 6) is -0.0631. The normalized spacial score (nSPS) is 14.1. The summed E-state index contributed by atoms with van der Waals surface area (Å²) in [6.07, 6.45) is 4.89. The molecule has 0 radical (unpaired) electrons. The van der Waals surface area contributed by atoms with Crippen molar-refractivity contribution < 1.29 is 9.90 Å². The molecule has 2 aromatic rings. The van der Waals surface area contributed by atoms with Crippen molar-refractivity contribution in [3.63, 3.8) is 0 Å². The minimum Gasteiger partial charge on any atom is -0.395 e. The number of carbonyl (C=O) groups is 1. The average molecular weight is 345 g/mol. The fourth-order valence-corrected chi connectivity index (χ4v) is 3.64. The lowest BCUT2D eigenvalue weighted by Crippen LogP contribution is -2.36. The number of benzene rings is 1. The molecule has 0 atom stereocenters. The number of aromatic nitrogens is 1. The minimum absolute atomic E-state index is 0.0631. The van der Waals surface area contributed by atoms with Gasteiger partial charge in [-0.1, -0.05) is 29.8 Å². The van der Waals surface area contributed by atoms with Crippen LogP contribution in [0.2, 0.25) is 0 Å². The quantitative estimate of drug-likeness (QED) is 0.771. The first-order chi connectivity index (χ1) is 11.6. The van der Waals surface area contributed by atoms with Crippen molar-refractivity contribution in [3.05, 3.63) is 46.5 Å². The van der Waals surface area contributed by atoms with Crippen LogP contribution < -0.4 is 5.32 Å². The minimum atomic E-state index is -0.0631. The first-order valence-electron chi connectivity index (χ1n) is 8.29. The van der Waals surface area contributed by atoms with Crippen LogP contribution in [0.5, 0.6) is 0 Å². The van der Waals surface area contributed by atoms with Crippen molar-refractivity contribution in [1.29, 1.82) is 0 Å². The van der Waals surface area contributed by atoms with Crippen molar-refractivity contribution in [2.24, 2.45) is 0 Å². The Balaban J connectivity index is 1.54. The number of nitrogens with zero attached hydrogens (tertiary/aromatic N) is 2. The highest BCUT2D eigenvalue weighted by atomic mass is 32.1. The third kappa shape index (κ3) is 4.87. The number of aryl methyl sites for hydroxylation is 1. The van der Waals surface area contributed by atoms with Gasteiger partial charge in [0.05, 0.1) is 13.2 Å². The van der Waals surface area contributed by atoms with Crippen LogP contribution in [0.3, 0.4) is 0 Å². The average Bonchev–Trinajstić information content (AvgIpc) is 3.29. The molecule has 1 fully saturated rings. The molecule has 1 aliphatic rings. The second-order valence-corrected chi connectivity index (χ2v) is 7.39. The number of hydrogen-bond acceptors (Lipinski definition) is 5. The van der Waals surface area contributed by atoms with Crippen LogP contribution >= 0.6 is 11.3 Å². The Bertz CT molecular complexity index is 697. The smallest absolute Gasteiger partial charge is 0.240 e. The highest BCUT2D eigenvalue weighted by Crippen LogP contribution is 2.26. The second-order valence-electron chi connectivity index (χ2n) is 6.27. The van der Waals surface area contributed by atoms with Crippen LogP contribution in [0.15, 0.2) is 30.5 Å². The zero-order valence-corrected chi connectivity index (χ0v) is 14.7. The summed E-state index contributed by atoms with van der Waals surface area (Å²) < 4.78 is 0. The van der Waals surface area contributed by atoms with Crippen LogP contribution in [-0.2, 0) is 11.2 Å². The molecule has 6 heteroatoms. The standard InChI is InChI=1S/C18H23N3O2S/c1-13-3-2-4-14(9-13)10-16-11-19-18(24-16)20-17(23)12-21(7-8-22)15-5-6-15/h2-4,9,11,15,22H,5-8,10,12H2,1H3,(H,19,20,23). The van der Waals surface area contributed by atoms with E-state index in [1.54, 1.807) is 0 Å². The Morgan fingerprint density at radius 2 is 2.29 bits per heavy atom. The number of hydrogen-bond donors (Lipinski definition) is 2. The van der Waals surface area contributed by atoms with Crippen LogP contribution in [0.4, 0.5) is 5.13 Å². The molecule has 0 spiro atoms. The SMILES string of the molecule is Cc1cccc(Cc2cnc(NC(=O)CN(CCO)C3CC3)s2)c1. The van der Waals surface area contributed by atoms with E-state index in [0.29, 0.717) is 24.3 Å². The van der Waals surface area contributed by atoms with Gasteiger partial charge in [0.2, 0.25) is 5.91 Å². The van der Waals surface area contributed by atoms with E-state index in [1.165, 1.54) is 22.5 Å². The Labute approximate surface area is 146 Å². The van der Waals surface area contributed by atoms with Gasteiger partial charge in [-0.2, -0.15) is 0 Å². The van der Waals surface area contributed by atoms with E-state index in [9.17, 15) is 4.79 Å². The molecule has 0 aliphatic heterocycles. The number of aliphatic hydroxyl groups is 1. The van der Waals surface area contributed by atoms with Crippen molar-refractivity contribution in [1.82, 2.24) is 9.88 Å². The molecule has 0 saturated heterocycles. The summed E-state index contributed by atoms with van der Waals surface area (Å²) in [6, 6.07) is 8.87. The largest absolute Gasteiger partial charge is 0.395 e. The Morgan fingerprint density at radius 1 is 1.46 bits per heavy atom. The lowest BCUT2D eigenvalue weighted by atomic mass is 10.1. The first kappa shape index (κ1) is 17.1. The second kappa shape index (κ2) is 7.88. The maximum Gasteiger partial charge on any atom is 0.240 e. The van der Waals surface area contributed by atoms with E-state index >= 15 is 0 Å². The van der Waals surface area contributed by atoms with E-state index in [1.807, 2.05) is 11.1 Å². The summed E-state index contributed by atoms with van der Waals surface area (Å²) in [5.41, 5.74) is 2.49. The molecule has 1 saturated carbocycles. The lowest BCUT2D eigenvalue weighted by Gasteiger charge is -2.19. The van der Waals surface area contributed by atoms with Gasteiger partial charge in [0.1, 0.15) is 0 Å². The van der Waals surface area contributed by atoms with E-state index in [4.69, 9.17) is 5.11 Å². The predicted molar refractivity (Wildman–Crippen MR) is 96.4 cm³/mol. The van der Waals surface area contributed by atoms with Gasteiger partial charge in [-0.05, 0) is 25.3 Å². The summed E-state index contributed by atoms with van der Waals surface area (Å²) in [4.78, 5) is 19.6. The van der Waals surface area contributed by atoms with Crippen LogP contribution in [-0.4, -0.2) is 46.6 Å². The Hall–Kier alpha value is -1.76. The van der Waals surface area contributed by atoms with Crippen LogP contribution in [0.1, 0.15) is 28.8 Å². The summed E-state index contributed by atoms with van der Waals surface area (Å²) >= 11 is 1.52. The van der Waals surface area contributed by atoms with Gasteiger partial charge in [-0.3, -0.25) is 9.69 Å². The fourth-order valence-electron chi connectivity index (χ4n) is 2.77. The number of rotatable bonds is 8. The topological polar surface area (TPSA) is 65.5 Å². The van der Waals surface area contributed by atoms with Crippen LogP contribution in [0, 0.1) is 6.92 Å². The molecule has 2 N–H and O–H groups in total. The highest BCUT2D eigenvalue weighted by molar-refractivity contribution is 7.15. The monoisotopic (exact) mass is 345 g/mol. The Kier molecular flexibility index (Phi) is 5.60.